The van der Waals surface area contributed by atoms with E-state index in [0.29, 0.717) is 11.4 Å². The Labute approximate surface area is 164 Å². The highest BCUT2D eigenvalue weighted by Crippen LogP contribution is 2.28. The molecule has 1 unspecified atom stereocenters. The molecule has 0 saturated carbocycles. The van der Waals surface area contributed by atoms with Gasteiger partial charge in [0, 0.05) is 17.4 Å². The number of amides is 1. The lowest BCUT2D eigenvalue weighted by Crippen LogP contribution is -2.27. The Hall–Kier alpha value is -2.03. The van der Waals surface area contributed by atoms with Crippen LogP contribution in [0, 0.1) is 0 Å². The third-order valence-corrected chi connectivity index (χ3v) is 6.31. The highest BCUT2D eigenvalue weighted by Gasteiger charge is 2.20. The summed E-state index contributed by atoms with van der Waals surface area (Å²) in [5.41, 5.74) is 1.19. The molecule has 2 aromatic rings. The highest BCUT2D eigenvalue weighted by molar-refractivity contribution is 7.98. The molecule has 6 nitrogen and oxygen atoms in total. The third kappa shape index (κ3) is 5.47. The molecule has 0 aromatic heterocycles. The summed E-state index contributed by atoms with van der Waals surface area (Å²) in [6.45, 7) is 3.50. The van der Waals surface area contributed by atoms with Crippen molar-refractivity contribution >= 4 is 33.4 Å². The number of anilines is 1. The van der Waals surface area contributed by atoms with Crippen LogP contribution in [0.4, 0.5) is 5.69 Å². The van der Waals surface area contributed by atoms with Crippen LogP contribution in [-0.2, 0) is 14.8 Å². The molecule has 2 N–H and O–H groups in total. The van der Waals surface area contributed by atoms with Gasteiger partial charge in [-0.25, -0.2) is 13.1 Å². The van der Waals surface area contributed by atoms with Gasteiger partial charge in [0.2, 0.25) is 15.9 Å². The number of ether oxygens (including phenoxy) is 1. The van der Waals surface area contributed by atoms with Crippen LogP contribution < -0.4 is 14.8 Å². The number of methoxy groups -OCH3 is 1. The molecule has 1 atom stereocenters. The summed E-state index contributed by atoms with van der Waals surface area (Å²) >= 11 is 1.63. The van der Waals surface area contributed by atoms with Crippen LogP contribution >= 0.6 is 11.8 Å². The number of nitrogens with one attached hydrogen (secondary N) is 2. The first-order chi connectivity index (χ1) is 12.8. The van der Waals surface area contributed by atoms with Gasteiger partial charge in [0.15, 0.2) is 0 Å². The van der Waals surface area contributed by atoms with Gasteiger partial charge < -0.3 is 10.1 Å². The summed E-state index contributed by atoms with van der Waals surface area (Å²) in [7, 11) is -2.31. The van der Waals surface area contributed by atoms with E-state index in [9.17, 15) is 13.2 Å². The van der Waals surface area contributed by atoms with Crippen molar-refractivity contribution in [3.63, 3.8) is 0 Å². The lowest BCUT2D eigenvalue weighted by Gasteiger charge is -2.16. The zero-order valence-corrected chi connectivity index (χ0v) is 17.4. The summed E-state index contributed by atoms with van der Waals surface area (Å²) in [5, 5.41) is 2.66. The molecule has 27 heavy (non-hydrogen) atoms. The van der Waals surface area contributed by atoms with Gasteiger partial charge >= 0.3 is 0 Å². The van der Waals surface area contributed by atoms with Crippen molar-refractivity contribution in [2.75, 3.05) is 18.7 Å². The van der Waals surface area contributed by atoms with Gasteiger partial charge in [-0.2, -0.15) is 0 Å². The molecule has 1 amide bonds. The van der Waals surface area contributed by atoms with E-state index in [1.54, 1.807) is 25.6 Å². The summed E-state index contributed by atoms with van der Waals surface area (Å²) in [6, 6.07) is 11.7. The monoisotopic (exact) mass is 408 g/mol. The number of benzene rings is 2. The molecular weight excluding hydrogens is 384 g/mol. The zero-order chi connectivity index (χ0) is 20.0. The van der Waals surface area contributed by atoms with Gasteiger partial charge in [0.25, 0.3) is 0 Å². The number of hydrogen-bond donors (Lipinski definition) is 2. The van der Waals surface area contributed by atoms with Crippen molar-refractivity contribution in [2.45, 2.75) is 36.1 Å². The molecule has 0 heterocycles. The lowest BCUT2D eigenvalue weighted by atomic mass is 10.1. The van der Waals surface area contributed by atoms with E-state index < -0.39 is 16.1 Å². The molecule has 2 rings (SSSR count). The molecule has 0 spiro atoms. The van der Waals surface area contributed by atoms with Gasteiger partial charge in [-0.1, -0.05) is 19.1 Å². The van der Waals surface area contributed by atoms with Gasteiger partial charge in [-0.05, 0) is 49.1 Å². The Morgan fingerprint density at radius 3 is 2.41 bits per heavy atom. The van der Waals surface area contributed by atoms with Crippen molar-refractivity contribution in [1.82, 2.24) is 4.72 Å². The number of sulfonamides is 1. The predicted molar refractivity (Wildman–Crippen MR) is 109 cm³/mol. The van der Waals surface area contributed by atoms with Crippen LogP contribution in [0.3, 0.4) is 0 Å². The summed E-state index contributed by atoms with van der Waals surface area (Å²) in [4.78, 5) is 12.9. The molecule has 0 aliphatic rings. The minimum atomic E-state index is -3.78. The van der Waals surface area contributed by atoms with Crippen LogP contribution in [0.25, 0.3) is 0 Å². The molecule has 0 bridgehead atoms. The molecule has 2 aromatic carbocycles. The van der Waals surface area contributed by atoms with Crippen molar-refractivity contribution < 1.29 is 17.9 Å². The van der Waals surface area contributed by atoms with Crippen molar-refractivity contribution in [2.24, 2.45) is 0 Å². The van der Waals surface area contributed by atoms with E-state index in [0.717, 1.165) is 10.5 Å². The topological polar surface area (TPSA) is 84.5 Å². The van der Waals surface area contributed by atoms with E-state index in [1.807, 2.05) is 30.5 Å². The average Bonchev–Trinajstić information content (AvgIpc) is 2.67. The van der Waals surface area contributed by atoms with Gasteiger partial charge in [-0.15, -0.1) is 11.8 Å². The summed E-state index contributed by atoms with van der Waals surface area (Å²) in [5.74, 6) is 0.175. The van der Waals surface area contributed by atoms with E-state index in [1.165, 1.54) is 25.3 Å². The Balaban J connectivity index is 2.26. The van der Waals surface area contributed by atoms with E-state index in [-0.39, 0.29) is 17.2 Å². The quantitative estimate of drug-likeness (QED) is 0.649. The second-order valence-electron chi connectivity index (χ2n) is 5.88. The van der Waals surface area contributed by atoms with Crippen LogP contribution in [0.2, 0.25) is 0 Å². The first-order valence-electron chi connectivity index (χ1n) is 8.45. The highest BCUT2D eigenvalue weighted by atomic mass is 32.2. The fraction of sp³-hybridized carbons (Fsp3) is 0.316. The predicted octanol–water partition coefficient (Wildman–Crippen LogP) is 3.81. The minimum Gasteiger partial charge on any atom is -0.495 e. The lowest BCUT2D eigenvalue weighted by molar-refractivity contribution is -0.115. The van der Waals surface area contributed by atoms with Crippen molar-refractivity contribution in [3.05, 3.63) is 48.0 Å². The van der Waals surface area contributed by atoms with Crippen LogP contribution in [0.15, 0.2) is 52.3 Å². The largest absolute Gasteiger partial charge is 0.495 e. The Kier molecular flexibility index (Phi) is 7.29. The molecule has 0 fully saturated rings. The molecule has 0 aliphatic heterocycles. The normalized spacial score (nSPS) is 12.4. The minimum absolute atomic E-state index is 0.0577. The van der Waals surface area contributed by atoms with E-state index in [4.69, 9.17) is 4.74 Å². The number of carbonyl (C=O) groups is 1. The maximum Gasteiger partial charge on any atom is 0.241 e. The SMILES string of the molecule is CCC(=O)Nc1cc(S(=O)(=O)NC(C)c2ccc(SC)cc2)ccc1OC. The van der Waals surface area contributed by atoms with Crippen LogP contribution in [0.5, 0.6) is 5.75 Å². The van der Waals surface area contributed by atoms with E-state index in [2.05, 4.69) is 10.0 Å². The standard InChI is InChI=1S/C19H24N2O4S2/c1-5-19(22)20-17-12-16(10-11-18(17)25-3)27(23,24)21-13(2)14-6-8-15(26-4)9-7-14/h6-13,21H,5H2,1-4H3,(H,20,22). The first-order valence-corrected chi connectivity index (χ1v) is 11.2. The molecular formula is C19H24N2O4S2. The van der Waals surface area contributed by atoms with Gasteiger partial charge in [-0.3, -0.25) is 4.79 Å². The smallest absolute Gasteiger partial charge is 0.241 e. The van der Waals surface area contributed by atoms with Crippen LogP contribution in [-0.4, -0.2) is 27.7 Å². The molecule has 146 valence electrons. The van der Waals surface area contributed by atoms with Crippen molar-refractivity contribution in [3.8, 4) is 5.75 Å². The summed E-state index contributed by atoms with van der Waals surface area (Å²) < 4.78 is 33.4. The number of hydrogen-bond acceptors (Lipinski definition) is 5. The first kappa shape index (κ1) is 21.3. The molecule has 8 heteroatoms. The number of rotatable bonds is 8. The Morgan fingerprint density at radius 1 is 1.19 bits per heavy atom. The second kappa shape index (κ2) is 9.25. The fourth-order valence-corrected chi connectivity index (χ4v) is 4.12. The number of thioether (sulfide) groups is 1. The van der Waals surface area contributed by atoms with Crippen molar-refractivity contribution in [1.29, 1.82) is 0 Å². The molecule has 0 aliphatic carbocycles. The maximum absolute atomic E-state index is 12.8. The van der Waals surface area contributed by atoms with Crippen LogP contribution in [0.1, 0.15) is 31.9 Å². The average molecular weight is 409 g/mol. The Bertz CT molecular complexity index is 896. The fourth-order valence-electron chi connectivity index (χ4n) is 2.45. The number of carbonyl (C=O) groups excluding carboxylic acids is 1. The Morgan fingerprint density at radius 2 is 1.85 bits per heavy atom. The maximum atomic E-state index is 12.8. The zero-order valence-electron chi connectivity index (χ0n) is 15.8. The molecule has 0 radical (unpaired) electrons. The summed E-state index contributed by atoms with van der Waals surface area (Å²) in [6.07, 6.45) is 2.27. The molecule has 0 saturated heterocycles. The third-order valence-electron chi connectivity index (χ3n) is 4.02. The second-order valence-corrected chi connectivity index (χ2v) is 8.47. The van der Waals surface area contributed by atoms with E-state index >= 15 is 0 Å². The van der Waals surface area contributed by atoms with Gasteiger partial charge in [0.05, 0.1) is 17.7 Å². The van der Waals surface area contributed by atoms with Gasteiger partial charge in [0.1, 0.15) is 5.75 Å².